The molecule has 0 unspecified atom stereocenters. The van der Waals surface area contributed by atoms with Crippen molar-refractivity contribution >= 4 is 30.4 Å². The fraction of sp³-hybridized carbons (Fsp3) is 0.379. The smallest absolute Gasteiger partial charge is 0.113 e. The van der Waals surface area contributed by atoms with E-state index in [0.717, 1.165) is 5.46 Å². The maximum absolute atomic E-state index is 6.54. The van der Waals surface area contributed by atoms with Crippen molar-refractivity contribution in [3.05, 3.63) is 80.9 Å². The highest BCUT2D eigenvalue weighted by Gasteiger charge is 2.51. The number of aryl methyl sites for hydroxylation is 2. The summed E-state index contributed by atoms with van der Waals surface area (Å²) in [6.07, 6.45) is 0. The summed E-state index contributed by atoms with van der Waals surface area (Å²) in [6.45, 7) is 18.8. The second-order valence-corrected chi connectivity index (χ2v) is 11.6. The SMILES string of the molecule is [B]c1cc2c3c(c1)C(C)(C)c1cc(C)cc4c1N3c1c(cc(C)cc1C4(C)C)C2(C)C. The highest BCUT2D eigenvalue weighted by atomic mass is 15.2. The summed E-state index contributed by atoms with van der Waals surface area (Å²) in [5.41, 5.74) is 15.8. The topological polar surface area (TPSA) is 3.24 Å². The second kappa shape index (κ2) is 5.29. The van der Waals surface area contributed by atoms with E-state index >= 15 is 0 Å². The van der Waals surface area contributed by atoms with Crippen molar-refractivity contribution in [2.45, 2.75) is 71.6 Å². The van der Waals surface area contributed by atoms with Crippen molar-refractivity contribution in [2.24, 2.45) is 0 Å². The summed E-state index contributed by atoms with van der Waals surface area (Å²) in [5.74, 6) is 0. The normalized spacial score (nSPS) is 19.8. The Labute approximate surface area is 187 Å². The van der Waals surface area contributed by atoms with Gasteiger partial charge in [-0.15, -0.1) is 0 Å². The van der Waals surface area contributed by atoms with E-state index < -0.39 is 0 Å². The van der Waals surface area contributed by atoms with Crippen LogP contribution in [-0.4, -0.2) is 7.85 Å². The molecule has 3 aliphatic rings. The molecule has 31 heavy (non-hydrogen) atoms. The zero-order chi connectivity index (χ0) is 22.2. The standard InChI is InChI=1S/C29H30BN/c1-15-9-18-24-20(11-15)28(5,6)22-13-17(30)14-23-26(22)31(24)25-19(27(18,3)4)10-16(2)12-21(25)29(23,7)8/h9-14H,1-8H3. The number of benzene rings is 3. The molecule has 2 heteroatoms. The van der Waals surface area contributed by atoms with Gasteiger partial charge in [-0.3, -0.25) is 0 Å². The Morgan fingerprint density at radius 2 is 0.774 bits per heavy atom. The van der Waals surface area contributed by atoms with Gasteiger partial charge in [-0.25, -0.2) is 0 Å². The lowest BCUT2D eigenvalue weighted by atomic mass is 9.59. The van der Waals surface area contributed by atoms with Crippen molar-refractivity contribution in [1.82, 2.24) is 0 Å². The molecule has 0 fully saturated rings. The summed E-state index contributed by atoms with van der Waals surface area (Å²) in [4.78, 5) is 2.60. The van der Waals surface area contributed by atoms with Crippen LogP contribution in [-0.2, 0) is 16.2 Å². The number of nitrogens with zero attached hydrogens (tertiary/aromatic N) is 1. The Balaban J connectivity index is 1.91. The molecular formula is C29H30BN. The molecule has 2 radical (unpaired) electrons. The van der Waals surface area contributed by atoms with E-state index in [2.05, 4.69) is 96.7 Å². The van der Waals surface area contributed by atoms with Gasteiger partial charge in [-0.05, 0) is 47.2 Å². The van der Waals surface area contributed by atoms with Crippen LogP contribution in [0.15, 0.2) is 36.4 Å². The summed E-state index contributed by atoms with van der Waals surface area (Å²) in [5, 5.41) is 0. The number of anilines is 3. The number of rotatable bonds is 0. The first-order chi connectivity index (χ1) is 14.4. The van der Waals surface area contributed by atoms with Crippen molar-refractivity contribution in [3.8, 4) is 0 Å². The minimum atomic E-state index is -0.113. The lowest BCUT2D eigenvalue weighted by molar-refractivity contribution is 0.566. The molecule has 0 saturated carbocycles. The summed E-state index contributed by atoms with van der Waals surface area (Å²) >= 11 is 0. The molecule has 0 aromatic heterocycles. The first-order valence-corrected chi connectivity index (χ1v) is 11.4. The van der Waals surface area contributed by atoms with E-state index in [9.17, 15) is 0 Å². The van der Waals surface area contributed by atoms with Gasteiger partial charge in [0.2, 0.25) is 0 Å². The molecule has 3 aliphatic heterocycles. The predicted molar refractivity (Wildman–Crippen MR) is 132 cm³/mol. The van der Waals surface area contributed by atoms with Gasteiger partial charge in [0.05, 0.1) is 17.1 Å². The molecule has 3 aromatic rings. The fourth-order valence-corrected chi connectivity index (χ4v) is 6.57. The Kier molecular flexibility index (Phi) is 3.28. The second-order valence-electron chi connectivity index (χ2n) is 11.6. The molecule has 1 nitrogen and oxygen atoms in total. The summed E-state index contributed by atoms with van der Waals surface area (Å²) < 4.78 is 0. The summed E-state index contributed by atoms with van der Waals surface area (Å²) in [7, 11) is 6.54. The van der Waals surface area contributed by atoms with Crippen LogP contribution < -0.4 is 10.4 Å². The van der Waals surface area contributed by atoms with Crippen LogP contribution in [0.4, 0.5) is 17.1 Å². The monoisotopic (exact) mass is 403 g/mol. The fourth-order valence-electron chi connectivity index (χ4n) is 6.57. The van der Waals surface area contributed by atoms with Crippen LogP contribution in [0.3, 0.4) is 0 Å². The minimum Gasteiger partial charge on any atom is -0.309 e. The summed E-state index contributed by atoms with van der Waals surface area (Å²) in [6, 6.07) is 14.1. The molecule has 0 N–H and O–H groups in total. The quantitative estimate of drug-likeness (QED) is 0.388. The van der Waals surface area contributed by atoms with E-state index in [4.69, 9.17) is 7.85 Å². The molecule has 0 amide bonds. The first-order valence-electron chi connectivity index (χ1n) is 11.4. The third-order valence-corrected chi connectivity index (χ3v) is 8.35. The van der Waals surface area contributed by atoms with E-state index in [1.54, 1.807) is 0 Å². The average Bonchev–Trinajstić information content (AvgIpc) is 2.66. The van der Waals surface area contributed by atoms with Crippen LogP contribution in [0.5, 0.6) is 0 Å². The maximum atomic E-state index is 6.54. The first kappa shape index (κ1) is 19.2. The van der Waals surface area contributed by atoms with Crippen molar-refractivity contribution in [3.63, 3.8) is 0 Å². The van der Waals surface area contributed by atoms with Crippen LogP contribution in [0.1, 0.15) is 86.1 Å². The third kappa shape index (κ3) is 2.05. The zero-order valence-electron chi connectivity index (χ0n) is 20.0. The molecule has 3 aromatic carbocycles. The van der Waals surface area contributed by atoms with Crippen LogP contribution in [0.2, 0.25) is 0 Å². The molecule has 0 saturated heterocycles. The number of hydrogen-bond acceptors (Lipinski definition) is 1. The van der Waals surface area contributed by atoms with Crippen LogP contribution in [0, 0.1) is 13.8 Å². The third-order valence-electron chi connectivity index (χ3n) is 8.35. The molecule has 0 spiro atoms. The van der Waals surface area contributed by atoms with Crippen molar-refractivity contribution in [1.29, 1.82) is 0 Å². The van der Waals surface area contributed by atoms with E-state index in [-0.39, 0.29) is 16.2 Å². The van der Waals surface area contributed by atoms with E-state index in [1.807, 2.05) is 0 Å². The van der Waals surface area contributed by atoms with Gasteiger partial charge >= 0.3 is 0 Å². The lowest BCUT2D eigenvalue weighted by Gasteiger charge is -2.55. The predicted octanol–water partition coefficient (Wildman–Crippen LogP) is 6.48. The van der Waals surface area contributed by atoms with Gasteiger partial charge in [0, 0.05) is 16.2 Å². The maximum Gasteiger partial charge on any atom is 0.113 e. The molecule has 0 aliphatic carbocycles. The largest absolute Gasteiger partial charge is 0.309 e. The Bertz CT molecular complexity index is 1090. The van der Waals surface area contributed by atoms with Gasteiger partial charge in [0.15, 0.2) is 0 Å². The molecular weight excluding hydrogens is 373 g/mol. The Hall–Kier alpha value is -2.48. The van der Waals surface area contributed by atoms with E-state index in [1.165, 1.54) is 61.6 Å². The van der Waals surface area contributed by atoms with Crippen molar-refractivity contribution in [2.75, 3.05) is 4.90 Å². The van der Waals surface area contributed by atoms with Gasteiger partial charge in [-0.2, -0.15) is 0 Å². The van der Waals surface area contributed by atoms with Crippen molar-refractivity contribution < 1.29 is 0 Å². The molecule has 3 heterocycles. The van der Waals surface area contributed by atoms with Gasteiger partial charge in [0.1, 0.15) is 7.85 Å². The molecule has 0 bridgehead atoms. The molecule has 6 rings (SSSR count). The van der Waals surface area contributed by atoms with Gasteiger partial charge in [-0.1, -0.05) is 94.5 Å². The van der Waals surface area contributed by atoms with Gasteiger partial charge < -0.3 is 4.90 Å². The van der Waals surface area contributed by atoms with Crippen LogP contribution >= 0.6 is 0 Å². The van der Waals surface area contributed by atoms with Gasteiger partial charge in [0.25, 0.3) is 0 Å². The lowest BCUT2D eigenvalue weighted by Crippen LogP contribution is -2.44. The molecule has 0 atom stereocenters. The molecule has 154 valence electrons. The Morgan fingerprint density at radius 1 is 0.516 bits per heavy atom. The zero-order valence-corrected chi connectivity index (χ0v) is 20.0. The number of hydrogen-bond donors (Lipinski definition) is 0. The highest BCUT2D eigenvalue weighted by molar-refractivity contribution is 6.32. The van der Waals surface area contributed by atoms with Crippen LogP contribution in [0.25, 0.3) is 0 Å². The minimum absolute atomic E-state index is 0.0579. The Morgan fingerprint density at radius 3 is 1.06 bits per heavy atom. The average molecular weight is 403 g/mol. The highest BCUT2D eigenvalue weighted by Crippen LogP contribution is 2.65. The van der Waals surface area contributed by atoms with E-state index in [0.29, 0.717) is 0 Å².